The fraction of sp³-hybridized carbons (Fsp3) is 0.438. The molecule has 2 heterocycles. The molecule has 1 saturated heterocycles. The molecule has 3 rings (SSSR count). The lowest BCUT2D eigenvalue weighted by atomic mass is 10.1. The van der Waals surface area contributed by atoms with Crippen molar-refractivity contribution in [3.05, 3.63) is 47.6 Å². The fourth-order valence-electron chi connectivity index (χ4n) is 2.89. The Hall–Kier alpha value is -2.22. The number of rotatable bonds is 5. The zero-order chi connectivity index (χ0) is 17.2. The van der Waals surface area contributed by atoms with Crippen molar-refractivity contribution < 1.29 is 17.7 Å². The topological polar surface area (TPSA) is 93.4 Å². The van der Waals surface area contributed by atoms with Crippen molar-refractivity contribution in [1.29, 1.82) is 0 Å². The van der Waals surface area contributed by atoms with Crippen molar-refractivity contribution in [2.45, 2.75) is 30.8 Å². The van der Waals surface area contributed by atoms with E-state index in [1.165, 1.54) is 0 Å². The fourth-order valence-corrected chi connectivity index (χ4v) is 4.55. The van der Waals surface area contributed by atoms with Gasteiger partial charge in [-0.05, 0) is 25.3 Å². The molecule has 0 spiro atoms. The third kappa shape index (κ3) is 3.48. The second-order valence-electron chi connectivity index (χ2n) is 5.87. The van der Waals surface area contributed by atoms with Gasteiger partial charge in [0.2, 0.25) is 11.8 Å². The summed E-state index contributed by atoms with van der Waals surface area (Å²) in [6.07, 6.45) is 1.80. The largest absolute Gasteiger partial charge is 0.341 e. The number of hydrogen-bond donors (Lipinski definition) is 0. The van der Waals surface area contributed by atoms with Crippen LogP contribution in [-0.2, 0) is 20.4 Å². The van der Waals surface area contributed by atoms with E-state index in [0.717, 1.165) is 12.8 Å². The van der Waals surface area contributed by atoms with E-state index in [4.69, 9.17) is 4.52 Å². The lowest BCUT2D eigenvalue weighted by Crippen LogP contribution is -2.36. The van der Waals surface area contributed by atoms with E-state index in [0.29, 0.717) is 24.5 Å². The van der Waals surface area contributed by atoms with Crippen LogP contribution in [0.25, 0.3) is 0 Å². The number of likely N-dealkylation sites (tertiary alicyclic amines) is 1. The zero-order valence-corrected chi connectivity index (χ0v) is 14.2. The second-order valence-corrected chi connectivity index (χ2v) is 7.95. The Morgan fingerprint density at radius 3 is 2.50 bits per heavy atom. The first-order valence-corrected chi connectivity index (χ1v) is 9.53. The van der Waals surface area contributed by atoms with Gasteiger partial charge in [0.25, 0.3) is 0 Å². The average molecular weight is 349 g/mol. The molecule has 0 aliphatic carbocycles. The summed E-state index contributed by atoms with van der Waals surface area (Å²) in [4.78, 5) is 18.4. The maximum atomic E-state index is 12.9. The van der Waals surface area contributed by atoms with Gasteiger partial charge in [-0.3, -0.25) is 4.79 Å². The zero-order valence-electron chi connectivity index (χ0n) is 13.4. The monoisotopic (exact) mass is 349 g/mol. The number of carbonyl (C=O) groups is 1. The molecule has 0 bridgehead atoms. The van der Waals surface area contributed by atoms with Gasteiger partial charge in [-0.2, -0.15) is 4.98 Å². The first-order valence-electron chi connectivity index (χ1n) is 7.82. The molecular weight excluding hydrogens is 330 g/mol. The molecule has 1 amide bonds. The minimum atomic E-state index is -3.84. The van der Waals surface area contributed by atoms with Gasteiger partial charge < -0.3 is 9.42 Å². The van der Waals surface area contributed by atoms with Gasteiger partial charge in [-0.15, -0.1) is 0 Å². The van der Waals surface area contributed by atoms with E-state index in [9.17, 15) is 13.2 Å². The van der Waals surface area contributed by atoms with E-state index < -0.39 is 20.8 Å². The van der Waals surface area contributed by atoms with Crippen molar-refractivity contribution in [3.63, 3.8) is 0 Å². The lowest BCUT2D eigenvalue weighted by Gasteiger charge is -2.23. The van der Waals surface area contributed by atoms with Crippen LogP contribution in [-0.4, -0.2) is 42.5 Å². The number of aryl methyl sites for hydroxylation is 1. The molecule has 8 heteroatoms. The van der Waals surface area contributed by atoms with Gasteiger partial charge in [-0.1, -0.05) is 35.5 Å². The summed E-state index contributed by atoms with van der Waals surface area (Å²) in [6.45, 7) is 2.80. The van der Waals surface area contributed by atoms with Crippen molar-refractivity contribution >= 4 is 15.7 Å². The Morgan fingerprint density at radius 2 is 1.92 bits per heavy atom. The van der Waals surface area contributed by atoms with Crippen molar-refractivity contribution in [2.75, 3.05) is 13.1 Å². The highest BCUT2D eigenvalue weighted by atomic mass is 32.2. The second kappa shape index (κ2) is 6.72. The molecule has 24 heavy (non-hydrogen) atoms. The van der Waals surface area contributed by atoms with Crippen LogP contribution in [0.4, 0.5) is 0 Å². The molecular formula is C16H19N3O4S. The first-order chi connectivity index (χ1) is 11.5. The van der Waals surface area contributed by atoms with Crippen LogP contribution in [0.5, 0.6) is 0 Å². The molecule has 128 valence electrons. The Kier molecular flexibility index (Phi) is 4.66. The molecule has 0 saturated carbocycles. The molecule has 0 unspecified atom stereocenters. The summed E-state index contributed by atoms with van der Waals surface area (Å²) in [6, 6.07) is 8.57. The van der Waals surface area contributed by atoms with E-state index in [2.05, 4.69) is 10.1 Å². The lowest BCUT2D eigenvalue weighted by molar-refractivity contribution is -0.129. The van der Waals surface area contributed by atoms with Crippen LogP contribution in [0, 0.1) is 6.92 Å². The smallest absolute Gasteiger partial charge is 0.245 e. The van der Waals surface area contributed by atoms with Crippen LogP contribution < -0.4 is 0 Å². The molecule has 0 N–H and O–H groups in total. The van der Waals surface area contributed by atoms with Gasteiger partial charge in [0.15, 0.2) is 20.9 Å². The van der Waals surface area contributed by atoms with Gasteiger partial charge in [0.1, 0.15) is 5.75 Å². The number of carbonyl (C=O) groups excluding carboxylic acids is 1. The maximum absolute atomic E-state index is 12.9. The third-order valence-corrected chi connectivity index (χ3v) is 5.84. The summed E-state index contributed by atoms with van der Waals surface area (Å²) in [5.41, 5.74) is 0.464. The predicted octanol–water partition coefficient (Wildman–Crippen LogP) is 1.66. The Labute approximate surface area is 140 Å². The van der Waals surface area contributed by atoms with Crippen LogP contribution in [0.2, 0.25) is 0 Å². The molecule has 7 nitrogen and oxygen atoms in total. The summed E-state index contributed by atoms with van der Waals surface area (Å²) in [7, 11) is -3.84. The van der Waals surface area contributed by atoms with Gasteiger partial charge in [0.05, 0.1) is 0 Å². The molecule has 0 radical (unpaired) electrons. The summed E-state index contributed by atoms with van der Waals surface area (Å²) >= 11 is 0. The minimum Gasteiger partial charge on any atom is -0.341 e. The molecule has 1 atom stereocenters. The number of sulfone groups is 1. The van der Waals surface area contributed by atoms with Crippen molar-refractivity contribution in [1.82, 2.24) is 15.0 Å². The van der Waals surface area contributed by atoms with Crippen molar-refractivity contribution in [3.8, 4) is 0 Å². The maximum Gasteiger partial charge on any atom is 0.245 e. The highest BCUT2D eigenvalue weighted by Gasteiger charge is 2.38. The van der Waals surface area contributed by atoms with E-state index in [1.807, 2.05) is 0 Å². The normalized spacial score (nSPS) is 16.3. The molecule has 1 fully saturated rings. The number of amides is 1. The first kappa shape index (κ1) is 16.6. The SMILES string of the molecule is Cc1noc(CS(=O)(=O)[C@@H](C(=O)N2CCCC2)c2ccccc2)n1. The number of aromatic nitrogens is 2. The van der Waals surface area contributed by atoms with E-state index in [1.54, 1.807) is 42.2 Å². The number of hydrogen-bond acceptors (Lipinski definition) is 6. The summed E-state index contributed by atoms with van der Waals surface area (Å²) < 4.78 is 30.8. The van der Waals surface area contributed by atoms with Crippen LogP contribution >= 0.6 is 0 Å². The van der Waals surface area contributed by atoms with Gasteiger partial charge >= 0.3 is 0 Å². The van der Waals surface area contributed by atoms with Gasteiger partial charge in [-0.25, -0.2) is 8.42 Å². The Bertz CT molecular complexity index is 811. The third-order valence-electron chi connectivity index (χ3n) is 4.00. The summed E-state index contributed by atoms with van der Waals surface area (Å²) in [5.74, 6) is -0.465. The molecule has 1 aliphatic heterocycles. The van der Waals surface area contributed by atoms with Crippen molar-refractivity contribution in [2.24, 2.45) is 0 Å². The molecule has 2 aromatic rings. The molecule has 1 aromatic carbocycles. The summed E-state index contributed by atoms with van der Waals surface area (Å²) in [5, 5.41) is 2.36. The number of benzene rings is 1. The van der Waals surface area contributed by atoms with Crippen LogP contribution in [0.3, 0.4) is 0 Å². The highest BCUT2D eigenvalue weighted by molar-refractivity contribution is 7.91. The Balaban J connectivity index is 1.95. The minimum absolute atomic E-state index is 0.00246. The Morgan fingerprint density at radius 1 is 1.25 bits per heavy atom. The molecule has 1 aliphatic rings. The number of nitrogens with zero attached hydrogens (tertiary/aromatic N) is 3. The van der Waals surface area contributed by atoms with E-state index in [-0.39, 0.29) is 11.8 Å². The average Bonchev–Trinajstić information content (AvgIpc) is 3.19. The standard InChI is InChI=1S/C16H19N3O4S/c1-12-17-14(23-18-12)11-24(21,22)15(13-7-3-2-4-8-13)16(20)19-9-5-6-10-19/h2-4,7-8,15H,5-6,9-11H2,1H3/t15-/m1/s1. The predicted molar refractivity (Wildman–Crippen MR) is 86.7 cm³/mol. The highest BCUT2D eigenvalue weighted by Crippen LogP contribution is 2.29. The molecule has 1 aromatic heterocycles. The van der Waals surface area contributed by atoms with Gasteiger partial charge in [0, 0.05) is 13.1 Å². The van der Waals surface area contributed by atoms with E-state index >= 15 is 0 Å². The van der Waals surface area contributed by atoms with Crippen LogP contribution in [0.1, 0.15) is 35.4 Å². The quantitative estimate of drug-likeness (QED) is 0.815. The van der Waals surface area contributed by atoms with Crippen LogP contribution in [0.15, 0.2) is 34.9 Å².